The SMILES string of the molecule is CC12CCC(=O)C=C1CCC1C2[C@@H](O)CC2(C=O)C(C(=O)CO)CCC12. The van der Waals surface area contributed by atoms with Gasteiger partial charge >= 0.3 is 0 Å². The zero-order valence-corrected chi connectivity index (χ0v) is 15.3. The molecule has 0 heterocycles. The minimum Gasteiger partial charge on any atom is -0.393 e. The van der Waals surface area contributed by atoms with E-state index < -0.39 is 24.0 Å². The highest BCUT2D eigenvalue weighted by molar-refractivity contribution is 5.91. The van der Waals surface area contributed by atoms with Gasteiger partial charge in [0.2, 0.25) is 0 Å². The van der Waals surface area contributed by atoms with Gasteiger partial charge in [0.05, 0.1) is 6.10 Å². The molecule has 4 aliphatic carbocycles. The third-order valence-corrected chi connectivity index (χ3v) is 8.27. The average Bonchev–Trinajstić information content (AvgIpc) is 3.00. The second-order valence-electron chi connectivity index (χ2n) is 9.14. The zero-order valence-electron chi connectivity index (χ0n) is 15.3. The van der Waals surface area contributed by atoms with Gasteiger partial charge in [-0.15, -0.1) is 0 Å². The first-order valence-electron chi connectivity index (χ1n) is 9.89. The van der Waals surface area contributed by atoms with Crippen LogP contribution in [-0.4, -0.2) is 40.8 Å². The lowest BCUT2D eigenvalue weighted by molar-refractivity contribution is -0.157. The fourth-order valence-electron chi connectivity index (χ4n) is 7.18. The molecule has 5 nitrogen and oxygen atoms in total. The Kier molecular flexibility index (Phi) is 4.23. The van der Waals surface area contributed by atoms with Crippen LogP contribution in [0.5, 0.6) is 0 Å². The Morgan fingerprint density at radius 2 is 2.08 bits per heavy atom. The molecule has 0 aromatic rings. The smallest absolute Gasteiger partial charge is 0.162 e. The maximum atomic E-state index is 12.3. The lowest BCUT2D eigenvalue weighted by Crippen LogP contribution is -2.58. The van der Waals surface area contributed by atoms with Crippen molar-refractivity contribution in [1.82, 2.24) is 0 Å². The van der Waals surface area contributed by atoms with Crippen LogP contribution in [0.4, 0.5) is 0 Å². The van der Waals surface area contributed by atoms with Crippen LogP contribution in [0, 0.1) is 34.5 Å². The fourth-order valence-corrected chi connectivity index (χ4v) is 7.18. The number of hydrogen-bond acceptors (Lipinski definition) is 5. The first-order chi connectivity index (χ1) is 12.4. The molecular weight excluding hydrogens is 332 g/mol. The number of aliphatic hydroxyl groups is 2. The van der Waals surface area contributed by atoms with Crippen molar-refractivity contribution in [2.24, 2.45) is 34.5 Å². The van der Waals surface area contributed by atoms with Crippen molar-refractivity contribution in [3.63, 3.8) is 0 Å². The quantitative estimate of drug-likeness (QED) is 0.750. The monoisotopic (exact) mass is 360 g/mol. The second-order valence-corrected chi connectivity index (χ2v) is 9.14. The second kappa shape index (κ2) is 6.10. The Morgan fingerprint density at radius 3 is 2.77 bits per heavy atom. The van der Waals surface area contributed by atoms with Crippen LogP contribution in [0.3, 0.4) is 0 Å². The molecule has 6 unspecified atom stereocenters. The Balaban J connectivity index is 1.74. The van der Waals surface area contributed by atoms with Crippen LogP contribution < -0.4 is 0 Å². The summed E-state index contributed by atoms with van der Waals surface area (Å²) in [7, 11) is 0. The van der Waals surface area contributed by atoms with Gasteiger partial charge in [0.1, 0.15) is 12.9 Å². The molecule has 0 radical (unpaired) electrons. The molecular formula is C21H28O5. The van der Waals surface area contributed by atoms with Crippen LogP contribution in [0.25, 0.3) is 0 Å². The van der Waals surface area contributed by atoms with Gasteiger partial charge in [-0.2, -0.15) is 0 Å². The number of allylic oxidation sites excluding steroid dienone is 1. The average molecular weight is 360 g/mol. The van der Waals surface area contributed by atoms with Crippen LogP contribution in [0.2, 0.25) is 0 Å². The summed E-state index contributed by atoms with van der Waals surface area (Å²) in [6, 6.07) is 0. The van der Waals surface area contributed by atoms with E-state index in [1.165, 1.54) is 0 Å². The van der Waals surface area contributed by atoms with E-state index in [2.05, 4.69) is 6.92 Å². The Hall–Kier alpha value is -1.33. The molecule has 5 heteroatoms. The summed E-state index contributed by atoms with van der Waals surface area (Å²) in [6.07, 6.45) is 6.75. The van der Waals surface area contributed by atoms with E-state index in [1.54, 1.807) is 6.08 Å². The highest BCUT2D eigenvalue weighted by Crippen LogP contribution is 2.66. The molecule has 0 aromatic carbocycles. The molecule has 142 valence electrons. The number of aliphatic hydroxyl groups excluding tert-OH is 2. The Bertz CT molecular complexity index is 682. The highest BCUT2D eigenvalue weighted by Gasteiger charge is 2.64. The third-order valence-electron chi connectivity index (χ3n) is 8.27. The zero-order chi connectivity index (χ0) is 18.7. The van der Waals surface area contributed by atoms with Crippen molar-refractivity contribution in [1.29, 1.82) is 0 Å². The summed E-state index contributed by atoms with van der Waals surface area (Å²) < 4.78 is 0. The van der Waals surface area contributed by atoms with Gasteiger partial charge in [0, 0.05) is 17.8 Å². The summed E-state index contributed by atoms with van der Waals surface area (Å²) in [4.78, 5) is 36.4. The van der Waals surface area contributed by atoms with Gasteiger partial charge in [0.15, 0.2) is 11.6 Å². The molecule has 0 spiro atoms. The van der Waals surface area contributed by atoms with Crippen molar-refractivity contribution in [2.75, 3.05) is 6.61 Å². The third kappa shape index (κ3) is 2.26. The normalized spacial score (nSPS) is 47.4. The number of aldehydes is 1. The van der Waals surface area contributed by atoms with Crippen LogP contribution in [0.15, 0.2) is 11.6 Å². The van der Waals surface area contributed by atoms with E-state index in [0.717, 1.165) is 37.5 Å². The topological polar surface area (TPSA) is 91.7 Å². The van der Waals surface area contributed by atoms with Gasteiger partial charge < -0.3 is 15.0 Å². The Labute approximate surface area is 153 Å². The molecule has 2 N–H and O–H groups in total. The van der Waals surface area contributed by atoms with Crippen molar-refractivity contribution < 1.29 is 24.6 Å². The predicted octanol–water partition coefficient (Wildman–Crippen LogP) is 1.85. The first-order valence-corrected chi connectivity index (χ1v) is 9.89. The van der Waals surface area contributed by atoms with Crippen molar-refractivity contribution >= 4 is 17.9 Å². The maximum Gasteiger partial charge on any atom is 0.162 e. The van der Waals surface area contributed by atoms with Gasteiger partial charge in [-0.25, -0.2) is 0 Å². The molecule has 4 aliphatic rings. The number of Topliss-reactive ketones (excluding diaryl/α,β-unsaturated/α-hetero) is 1. The Morgan fingerprint density at radius 1 is 1.31 bits per heavy atom. The van der Waals surface area contributed by atoms with Gasteiger partial charge in [-0.1, -0.05) is 12.5 Å². The van der Waals surface area contributed by atoms with Gasteiger partial charge in [-0.3, -0.25) is 9.59 Å². The first kappa shape index (κ1) is 18.1. The maximum absolute atomic E-state index is 12.3. The number of hydrogen-bond donors (Lipinski definition) is 2. The minimum absolute atomic E-state index is 0.0386. The molecule has 0 aliphatic heterocycles. The van der Waals surface area contributed by atoms with Gasteiger partial charge in [0.25, 0.3) is 0 Å². The molecule has 26 heavy (non-hydrogen) atoms. The lowest BCUT2D eigenvalue weighted by Gasteiger charge is -2.59. The summed E-state index contributed by atoms with van der Waals surface area (Å²) in [5.41, 5.74) is 0.140. The molecule has 0 bridgehead atoms. The predicted molar refractivity (Wildman–Crippen MR) is 94.1 cm³/mol. The largest absolute Gasteiger partial charge is 0.393 e. The highest BCUT2D eigenvalue weighted by atomic mass is 16.3. The number of carbonyl (C=O) groups excluding carboxylic acids is 3. The van der Waals surface area contributed by atoms with E-state index in [9.17, 15) is 24.6 Å². The molecule has 3 fully saturated rings. The summed E-state index contributed by atoms with van der Waals surface area (Å²) in [5.74, 6) is -0.241. The van der Waals surface area contributed by atoms with E-state index in [4.69, 9.17) is 0 Å². The molecule has 0 amide bonds. The van der Waals surface area contributed by atoms with E-state index in [-0.39, 0.29) is 34.7 Å². The minimum atomic E-state index is -0.831. The number of carbonyl (C=O) groups is 3. The van der Waals surface area contributed by atoms with Gasteiger partial charge in [-0.05, 0) is 67.8 Å². The fraction of sp³-hybridized carbons (Fsp3) is 0.762. The molecule has 0 aromatic heterocycles. The van der Waals surface area contributed by atoms with Crippen LogP contribution in [-0.2, 0) is 14.4 Å². The van der Waals surface area contributed by atoms with Crippen LogP contribution in [0.1, 0.15) is 51.9 Å². The summed E-state index contributed by atoms with van der Waals surface area (Å²) >= 11 is 0. The lowest BCUT2D eigenvalue weighted by atomic mass is 9.45. The van der Waals surface area contributed by atoms with Crippen molar-refractivity contribution in [3.8, 4) is 0 Å². The number of rotatable bonds is 3. The molecule has 7 atom stereocenters. The standard InChI is InChI=1S/C21H28O5/c1-20-7-6-13(24)8-12(20)2-3-14-15-4-5-16(18(26)10-22)21(15,11-23)9-17(25)19(14)20/h8,11,14-17,19,22,25H,2-7,9-10H2,1H3/t14?,15?,16?,17-,19?,20?,21?/m0/s1. The van der Waals surface area contributed by atoms with Crippen molar-refractivity contribution in [3.05, 3.63) is 11.6 Å². The van der Waals surface area contributed by atoms with E-state index in [0.29, 0.717) is 19.3 Å². The number of fused-ring (bicyclic) bond motifs is 5. The van der Waals surface area contributed by atoms with Crippen molar-refractivity contribution in [2.45, 2.75) is 58.0 Å². The molecule has 3 saturated carbocycles. The summed E-state index contributed by atoms with van der Waals surface area (Å²) in [5, 5.41) is 20.5. The van der Waals surface area contributed by atoms with E-state index in [1.807, 2.05) is 0 Å². The van der Waals surface area contributed by atoms with Crippen LogP contribution >= 0.6 is 0 Å². The summed E-state index contributed by atoms with van der Waals surface area (Å²) in [6.45, 7) is 1.63. The van der Waals surface area contributed by atoms with E-state index >= 15 is 0 Å². The molecule has 4 rings (SSSR count). The molecule has 0 saturated heterocycles. The number of ketones is 2.